The Bertz CT molecular complexity index is 666. The van der Waals surface area contributed by atoms with Crippen molar-refractivity contribution >= 4 is 34.7 Å². The maximum absolute atomic E-state index is 11.9. The molecule has 0 amide bonds. The van der Waals surface area contributed by atoms with E-state index in [4.69, 9.17) is 27.9 Å². The van der Waals surface area contributed by atoms with Gasteiger partial charge in [-0.25, -0.2) is 0 Å². The fourth-order valence-corrected chi connectivity index (χ4v) is 2.01. The van der Waals surface area contributed by atoms with Gasteiger partial charge in [-0.15, -0.1) is 0 Å². The molecule has 0 bridgehead atoms. The van der Waals surface area contributed by atoms with Crippen molar-refractivity contribution in [1.29, 1.82) is 0 Å². The van der Waals surface area contributed by atoms with Crippen LogP contribution >= 0.6 is 23.2 Å². The van der Waals surface area contributed by atoms with Crippen LogP contribution < -0.4 is 10.1 Å². The number of carbonyl (C=O) groups excluding carboxylic acids is 1. The number of rotatable bonds is 5. The molecule has 0 saturated carbocycles. The summed E-state index contributed by atoms with van der Waals surface area (Å²) in [5.41, 5.74) is 1.25. The molecular weight excluding hydrogens is 309 g/mol. The number of ether oxygens (including phenoxy) is 1. The van der Waals surface area contributed by atoms with Gasteiger partial charge in [0.2, 0.25) is 0 Å². The molecule has 0 spiro atoms. The van der Waals surface area contributed by atoms with E-state index in [1.165, 1.54) is 6.08 Å². The van der Waals surface area contributed by atoms with Crippen LogP contribution in [0.5, 0.6) is 5.75 Å². The molecule has 0 unspecified atom stereocenters. The van der Waals surface area contributed by atoms with Crippen LogP contribution in [0.3, 0.4) is 0 Å². The first-order chi connectivity index (χ1) is 10.1. The Labute approximate surface area is 133 Å². The van der Waals surface area contributed by atoms with Crippen LogP contribution in [0.25, 0.3) is 0 Å². The molecule has 2 aromatic rings. The zero-order valence-electron chi connectivity index (χ0n) is 11.3. The molecular formula is C16H13Cl2NO2. The Morgan fingerprint density at radius 3 is 2.43 bits per heavy atom. The molecule has 0 radical (unpaired) electrons. The normalized spacial score (nSPS) is 10.6. The number of methoxy groups -OCH3 is 1. The SMILES string of the molecule is COc1ccc(Cl)cc1NC=CC(=O)c1ccc(Cl)cc1. The molecule has 0 aliphatic carbocycles. The predicted molar refractivity (Wildman–Crippen MR) is 86.5 cm³/mol. The second kappa shape index (κ2) is 7.16. The molecule has 0 heterocycles. The lowest BCUT2D eigenvalue weighted by atomic mass is 10.1. The van der Waals surface area contributed by atoms with E-state index in [9.17, 15) is 4.79 Å². The lowest BCUT2D eigenvalue weighted by molar-refractivity contribution is 0.104. The van der Waals surface area contributed by atoms with Gasteiger partial charge in [-0.2, -0.15) is 0 Å². The van der Waals surface area contributed by atoms with Crippen molar-refractivity contribution in [2.24, 2.45) is 0 Å². The summed E-state index contributed by atoms with van der Waals surface area (Å²) in [6, 6.07) is 11.9. The van der Waals surface area contributed by atoms with Gasteiger partial charge in [-0.3, -0.25) is 4.79 Å². The Morgan fingerprint density at radius 2 is 1.76 bits per heavy atom. The van der Waals surface area contributed by atoms with E-state index in [1.807, 2.05) is 0 Å². The summed E-state index contributed by atoms with van der Waals surface area (Å²) in [6.45, 7) is 0. The molecule has 0 fully saturated rings. The maximum Gasteiger partial charge on any atom is 0.187 e. The van der Waals surface area contributed by atoms with Gasteiger partial charge in [0.15, 0.2) is 5.78 Å². The minimum Gasteiger partial charge on any atom is -0.495 e. The van der Waals surface area contributed by atoms with E-state index < -0.39 is 0 Å². The highest BCUT2D eigenvalue weighted by molar-refractivity contribution is 6.31. The molecule has 2 aromatic carbocycles. The number of carbonyl (C=O) groups is 1. The molecule has 0 aliphatic heterocycles. The van der Waals surface area contributed by atoms with E-state index in [2.05, 4.69) is 5.32 Å². The first-order valence-electron chi connectivity index (χ1n) is 6.16. The third kappa shape index (κ3) is 4.25. The molecule has 0 saturated heterocycles. The van der Waals surface area contributed by atoms with Gasteiger partial charge in [0, 0.05) is 27.9 Å². The van der Waals surface area contributed by atoms with Crippen LogP contribution in [0.2, 0.25) is 10.0 Å². The average Bonchev–Trinajstić information content (AvgIpc) is 2.48. The van der Waals surface area contributed by atoms with Crippen molar-refractivity contribution in [2.75, 3.05) is 12.4 Å². The zero-order valence-corrected chi connectivity index (χ0v) is 12.8. The Balaban J connectivity index is 2.07. The standard InChI is InChI=1S/C16H13Cl2NO2/c1-21-16-7-6-13(18)10-14(16)19-9-8-15(20)11-2-4-12(17)5-3-11/h2-10,19H,1H3. The van der Waals surface area contributed by atoms with Crippen molar-refractivity contribution < 1.29 is 9.53 Å². The van der Waals surface area contributed by atoms with Gasteiger partial charge in [0.05, 0.1) is 12.8 Å². The number of nitrogens with one attached hydrogen (secondary N) is 1. The Kier molecular flexibility index (Phi) is 5.26. The molecule has 21 heavy (non-hydrogen) atoms. The Hall–Kier alpha value is -1.97. The Morgan fingerprint density at radius 1 is 1.10 bits per heavy atom. The van der Waals surface area contributed by atoms with E-state index in [0.29, 0.717) is 27.0 Å². The highest BCUT2D eigenvalue weighted by atomic mass is 35.5. The van der Waals surface area contributed by atoms with Crippen molar-refractivity contribution in [3.8, 4) is 5.75 Å². The molecule has 3 nitrogen and oxygen atoms in total. The maximum atomic E-state index is 11.9. The second-order valence-corrected chi connectivity index (χ2v) is 5.07. The van der Waals surface area contributed by atoms with Crippen LogP contribution in [0, 0.1) is 0 Å². The number of hydrogen-bond acceptors (Lipinski definition) is 3. The van der Waals surface area contributed by atoms with E-state index in [-0.39, 0.29) is 5.78 Å². The van der Waals surface area contributed by atoms with E-state index >= 15 is 0 Å². The average molecular weight is 322 g/mol. The number of ketones is 1. The predicted octanol–water partition coefficient (Wildman–Crippen LogP) is 4.81. The van der Waals surface area contributed by atoms with Crippen molar-refractivity contribution in [2.45, 2.75) is 0 Å². The summed E-state index contributed by atoms with van der Waals surface area (Å²) in [6.07, 6.45) is 2.98. The summed E-state index contributed by atoms with van der Waals surface area (Å²) >= 11 is 11.7. The van der Waals surface area contributed by atoms with Gasteiger partial charge in [0.1, 0.15) is 5.75 Å². The summed E-state index contributed by atoms with van der Waals surface area (Å²) in [5, 5.41) is 4.15. The topological polar surface area (TPSA) is 38.3 Å². The highest BCUT2D eigenvalue weighted by Crippen LogP contribution is 2.27. The van der Waals surface area contributed by atoms with E-state index in [0.717, 1.165) is 0 Å². The van der Waals surface area contributed by atoms with Crippen LogP contribution in [0.15, 0.2) is 54.7 Å². The molecule has 5 heteroatoms. The van der Waals surface area contributed by atoms with Crippen molar-refractivity contribution in [1.82, 2.24) is 0 Å². The number of halogens is 2. The number of allylic oxidation sites excluding steroid dienone is 1. The molecule has 1 N–H and O–H groups in total. The second-order valence-electron chi connectivity index (χ2n) is 4.19. The van der Waals surface area contributed by atoms with Crippen LogP contribution in [0.1, 0.15) is 10.4 Å². The molecule has 0 atom stereocenters. The fraction of sp³-hybridized carbons (Fsp3) is 0.0625. The lowest BCUT2D eigenvalue weighted by Crippen LogP contribution is -1.97. The summed E-state index contributed by atoms with van der Waals surface area (Å²) in [7, 11) is 1.57. The van der Waals surface area contributed by atoms with Gasteiger partial charge in [-0.1, -0.05) is 23.2 Å². The molecule has 108 valence electrons. The quantitative estimate of drug-likeness (QED) is 0.634. The third-order valence-electron chi connectivity index (χ3n) is 2.76. The van der Waals surface area contributed by atoms with Gasteiger partial charge in [0.25, 0.3) is 0 Å². The van der Waals surface area contributed by atoms with Gasteiger partial charge in [-0.05, 0) is 42.5 Å². The highest BCUT2D eigenvalue weighted by Gasteiger charge is 2.03. The lowest BCUT2D eigenvalue weighted by Gasteiger charge is -2.08. The van der Waals surface area contributed by atoms with Crippen molar-refractivity contribution in [3.63, 3.8) is 0 Å². The summed E-state index contributed by atoms with van der Waals surface area (Å²) < 4.78 is 5.20. The van der Waals surface area contributed by atoms with Crippen LogP contribution in [-0.2, 0) is 0 Å². The molecule has 0 aromatic heterocycles. The number of anilines is 1. The largest absolute Gasteiger partial charge is 0.495 e. The number of benzene rings is 2. The fourth-order valence-electron chi connectivity index (χ4n) is 1.71. The minimum atomic E-state index is -0.125. The smallest absolute Gasteiger partial charge is 0.187 e. The zero-order chi connectivity index (χ0) is 15.2. The summed E-state index contributed by atoms with van der Waals surface area (Å²) in [5.74, 6) is 0.517. The van der Waals surface area contributed by atoms with E-state index in [1.54, 1.807) is 55.8 Å². The summed E-state index contributed by atoms with van der Waals surface area (Å²) in [4.78, 5) is 11.9. The van der Waals surface area contributed by atoms with Crippen molar-refractivity contribution in [3.05, 3.63) is 70.3 Å². The first-order valence-corrected chi connectivity index (χ1v) is 6.92. The van der Waals surface area contributed by atoms with Gasteiger partial charge >= 0.3 is 0 Å². The minimum absolute atomic E-state index is 0.125. The molecule has 2 rings (SSSR count). The monoisotopic (exact) mass is 321 g/mol. The van der Waals surface area contributed by atoms with Crippen LogP contribution in [-0.4, -0.2) is 12.9 Å². The third-order valence-corrected chi connectivity index (χ3v) is 3.25. The number of hydrogen-bond donors (Lipinski definition) is 1. The first kappa shape index (κ1) is 15.4. The van der Waals surface area contributed by atoms with Gasteiger partial charge < -0.3 is 10.1 Å². The van der Waals surface area contributed by atoms with Crippen LogP contribution in [0.4, 0.5) is 5.69 Å². The molecule has 0 aliphatic rings.